The van der Waals surface area contributed by atoms with Gasteiger partial charge in [-0.25, -0.2) is 14.4 Å². The van der Waals surface area contributed by atoms with Crippen LogP contribution in [0.25, 0.3) is 0 Å². The number of hydrogen-bond donors (Lipinski definition) is 1. The summed E-state index contributed by atoms with van der Waals surface area (Å²) in [6, 6.07) is 53.5. The highest BCUT2D eigenvalue weighted by molar-refractivity contribution is 5.91. The number of aliphatic hydroxyl groups is 1. The highest BCUT2D eigenvalue weighted by Crippen LogP contribution is 2.41. The molecule has 0 spiro atoms. The zero-order chi connectivity index (χ0) is 38.0. The summed E-state index contributed by atoms with van der Waals surface area (Å²) >= 11 is 0. The second kappa shape index (κ2) is 17.2. The predicted molar refractivity (Wildman–Crippen MR) is 203 cm³/mol. The molecule has 1 heterocycles. The lowest BCUT2D eigenvalue weighted by Crippen LogP contribution is -2.62. The lowest BCUT2D eigenvalue weighted by Gasteiger charge is -2.44. The number of ether oxygens (including phenoxy) is 5. The first-order chi connectivity index (χ1) is 26.9. The van der Waals surface area contributed by atoms with E-state index in [1.807, 2.05) is 91.0 Å². The van der Waals surface area contributed by atoms with Gasteiger partial charge < -0.3 is 28.8 Å². The van der Waals surface area contributed by atoms with Crippen LogP contribution in [0.4, 0.5) is 0 Å². The van der Waals surface area contributed by atoms with Crippen molar-refractivity contribution in [2.45, 2.75) is 36.3 Å². The molecule has 6 aromatic carbocycles. The summed E-state index contributed by atoms with van der Waals surface area (Å²) < 4.78 is 31.3. The largest absolute Gasteiger partial charge is 0.452 e. The molecule has 0 saturated carbocycles. The normalized spacial score (nSPS) is 19.5. The molecular weight excluding hydrogens is 696 g/mol. The summed E-state index contributed by atoms with van der Waals surface area (Å²) in [7, 11) is 0. The molecule has 276 valence electrons. The zero-order valence-corrected chi connectivity index (χ0v) is 29.6. The standard InChI is InChI=1S/C46H38O9/c47-42(32-19-7-1-8-20-32)53-39-38(31-51-46(35-25-13-4-14-26-35,36-27-15-5-16-28-36)37-29-17-6-18-30-37)52-45(50)41(55-44(49)34-23-11-3-12-24-34)40(39)54-43(48)33-21-9-2-10-22-33/h1-30,38-41,45,50H,31H2/t38-,39-,40+,41-,45+/m1/s1. The highest BCUT2D eigenvalue weighted by Gasteiger charge is 2.53. The number of benzene rings is 6. The average Bonchev–Trinajstić information content (AvgIpc) is 3.25. The van der Waals surface area contributed by atoms with Gasteiger partial charge in [0, 0.05) is 0 Å². The topological polar surface area (TPSA) is 118 Å². The van der Waals surface area contributed by atoms with Crippen LogP contribution in [0.15, 0.2) is 182 Å². The van der Waals surface area contributed by atoms with Gasteiger partial charge in [-0.3, -0.25) is 0 Å². The van der Waals surface area contributed by atoms with Crippen molar-refractivity contribution in [3.8, 4) is 0 Å². The minimum atomic E-state index is -1.83. The average molecular weight is 735 g/mol. The van der Waals surface area contributed by atoms with Crippen molar-refractivity contribution in [3.63, 3.8) is 0 Å². The van der Waals surface area contributed by atoms with Crippen molar-refractivity contribution in [2.24, 2.45) is 0 Å². The second-order valence-electron chi connectivity index (χ2n) is 12.9. The summed E-state index contributed by atoms with van der Waals surface area (Å²) in [6.45, 7) is -0.290. The Hall–Kier alpha value is -6.39. The van der Waals surface area contributed by atoms with Gasteiger partial charge in [-0.05, 0) is 53.1 Å². The van der Waals surface area contributed by atoms with Gasteiger partial charge in [0.05, 0.1) is 23.3 Å². The summed E-state index contributed by atoms with van der Waals surface area (Å²) in [4.78, 5) is 41.0. The van der Waals surface area contributed by atoms with E-state index < -0.39 is 54.2 Å². The summed E-state index contributed by atoms with van der Waals surface area (Å²) in [5, 5.41) is 11.7. The molecule has 6 aromatic rings. The Kier molecular flexibility index (Phi) is 11.5. The molecule has 0 unspecified atom stereocenters. The first kappa shape index (κ1) is 36.9. The number of aliphatic hydroxyl groups excluding tert-OH is 1. The van der Waals surface area contributed by atoms with Crippen LogP contribution in [0.2, 0.25) is 0 Å². The van der Waals surface area contributed by atoms with Crippen molar-refractivity contribution in [3.05, 3.63) is 215 Å². The quantitative estimate of drug-likeness (QED) is 0.0781. The summed E-state index contributed by atoms with van der Waals surface area (Å²) in [6.07, 6.45) is -7.70. The molecule has 1 N–H and O–H groups in total. The minimum absolute atomic E-state index is 0.185. The third-order valence-corrected chi connectivity index (χ3v) is 9.37. The van der Waals surface area contributed by atoms with Crippen LogP contribution >= 0.6 is 0 Å². The molecule has 0 aromatic heterocycles. The predicted octanol–water partition coefficient (Wildman–Crippen LogP) is 7.39. The summed E-state index contributed by atoms with van der Waals surface area (Å²) in [5.41, 5.74) is 1.75. The van der Waals surface area contributed by atoms with E-state index in [1.54, 1.807) is 91.0 Å². The van der Waals surface area contributed by atoms with Crippen molar-refractivity contribution < 1.29 is 43.2 Å². The highest BCUT2D eigenvalue weighted by atomic mass is 16.7. The van der Waals surface area contributed by atoms with Gasteiger partial charge in [-0.2, -0.15) is 0 Å². The van der Waals surface area contributed by atoms with Crippen molar-refractivity contribution >= 4 is 17.9 Å². The third kappa shape index (κ3) is 8.24. The van der Waals surface area contributed by atoms with Crippen molar-refractivity contribution in [1.82, 2.24) is 0 Å². The van der Waals surface area contributed by atoms with Gasteiger partial charge in [0.2, 0.25) is 0 Å². The second-order valence-corrected chi connectivity index (χ2v) is 12.9. The molecule has 1 aliphatic rings. The molecule has 55 heavy (non-hydrogen) atoms. The van der Waals surface area contributed by atoms with E-state index in [2.05, 4.69) is 0 Å². The fourth-order valence-corrected chi connectivity index (χ4v) is 6.70. The molecule has 5 atom stereocenters. The number of esters is 3. The number of rotatable bonds is 12. The fraction of sp³-hybridized carbons (Fsp3) is 0.152. The van der Waals surface area contributed by atoms with Gasteiger partial charge in [0.25, 0.3) is 0 Å². The number of hydrogen-bond acceptors (Lipinski definition) is 9. The Morgan fingerprint density at radius 2 is 0.764 bits per heavy atom. The first-order valence-electron chi connectivity index (χ1n) is 17.9. The van der Waals surface area contributed by atoms with E-state index >= 15 is 0 Å². The first-order valence-corrected chi connectivity index (χ1v) is 17.9. The molecule has 9 heteroatoms. The van der Waals surface area contributed by atoms with Crippen LogP contribution in [0.1, 0.15) is 47.8 Å². The van der Waals surface area contributed by atoms with Gasteiger partial charge in [0.1, 0.15) is 11.7 Å². The van der Waals surface area contributed by atoms with E-state index in [4.69, 9.17) is 23.7 Å². The smallest absolute Gasteiger partial charge is 0.338 e. The van der Waals surface area contributed by atoms with Crippen molar-refractivity contribution in [2.75, 3.05) is 6.61 Å². The molecule has 0 amide bonds. The van der Waals surface area contributed by atoms with E-state index in [-0.39, 0.29) is 23.3 Å². The Bertz CT molecular complexity index is 2050. The van der Waals surface area contributed by atoms with Crippen LogP contribution in [0, 0.1) is 0 Å². The maximum atomic E-state index is 13.8. The maximum absolute atomic E-state index is 13.8. The van der Waals surface area contributed by atoms with Crippen LogP contribution in [0.5, 0.6) is 0 Å². The molecular formula is C46H38O9. The van der Waals surface area contributed by atoms with Gasteiger partial charge in [0.15, 0.2) is 24.6 Å². The molecule has 1 aliphatic heterocycles. The molecule has 9 nitrogen and oxygen atoms in total. The van der Waals surface area contributed by atoms with Crippen LogP contribution in [-0.4, -0.2) is 60.3 Å². The lowest BCUT2D eigenvalue weighted by molar-refractivity contribution is -0.289. The zero-order valence-electron chi connectivity index (χ0n) is 29.6. The number of carbonyl (C=O) groups excluding carboxylic acids is 3. The maximum Gasteiger partial charge on any atom is 0.338 e. The lowest BCUT2D eigenvalue weighted by atomic mass is 9.80. The molecule has 1 fully saturated rings. The van der Waals surface area contributed by atoms with Gasteiger partial charge >= 0.3 is 17.9 Å². The van der Waals surface area contributed by atoms with Crippen LogP contribution in [-0.2, 0) is 29.3 Å². The summed E-state index contributed by atoms with van der Waals surface area (Å²) in [5.74, 6) is -2.37. The third-order valence-electron chi connectivity index (χ3n) is 9.37. The Morgan fingerprint density at radius 3 is 1.13 bits per heavy atom. The Labute approximate surface area is 318 Å². The van der Waals surface area contributed by atoms with Gasteiger partial charge in [-0.1, -0.05) is 146 Å². The molecule has 0 radical (unpaired) electrons. The van der Waals surface area contributed by atoms with E-state index in [0.717, 1.165) is 16.7 Å². The van der Waals surface area contributed by atoms with E-state index in [0.29, 0.717) is 0 Å². The molecule has 1 saturated heterocycles. The van der Waals surface area contributed by atoms with Crippen molar-refractivity contribution in [1.29, 1.82) is 0 Å². The van der Waals surface area contributed by atoms with Crippen LogP contribution < -0.4 is 0 Å². The minimum Gasteiger partial charge on any atom is -0.452 e. The van der Waals surface area contributed by atoms with Gasteiger partial charge in [-0.15, -0.1) is 0 Å². The van der Waals surface area contributed by atoms with E-state index in [9.17, 15) is 19.5 Å². The number of carbonyl (C=O) groups is 3. The molecule has 0 aliphatic carbocycles. The molecule has 0 bridgehead atoms. The Morgan fingerprint density at radius 1 is 0.455 bits per heavy atom. The van der Waals surface area contributed by atoms with E-state index in [1.165, 1.54) is 0 Å². The monoisotopic (exact) mass is 734 g/mol. The SMILES string of the molecule is O=C(O[C@@H]1[C@@H](OC(=O)c2ccccc2)[C@@H](O)O[C@H](COC(c2ccccc2)(c2ccccc2)c2ccccc2)[C@H]1OC(=O)c1ccccc1)c1ccccc1. The Balaban J connectivity index is 1.31. The van der Waals surface area contributed by atoms with Crippen LogP contribution in [0.3, 0.4) is 0 Å². The molecule has 7 rings (SSSR count). The fourth-order valence-electron chi connectivity index (χ4n) is 6.70.